The van der Waals surface area contributed by atoms with Crippen LogP contribution in [0.3, 0.4) is 0 Å². The Bertz CT molecular complexity index is 681. The van der Waals surface area contributed by atoms with E-state index in [9.17, 15) is 8.42 Å². The van der Waals surface area contributed by atoms with Crippen molar-refractivity contribution >= 4 is 21.4 Å². The Balaban J connectivity index is 2.25. The summed E-state index contributed by atoms with van der Waals surface area (Å²) in [5.74, 6) is 0.630. The molecular weight excluding hydrogens is 280 g/mol. The van der Waals surface area contributed by atoms with Crippen molar-refractivity contribution in [1.29, 1.82) is 0 Å². The average molecular weight is 296 g/mol. The summed E-state index contributed by atoms with van der Waals surface area (Å²) in [6.45, 7) is 0.371. The predicted octanol–water partition coefficient (Wildman–Crippen LogP) is 1.12. The highest BCUT2D eigenvalue weighted by Gasteiger charge is 2.18. The van der Waals surface area contributed by atoms with Gasteiger partial charge >= 0.3 is 0 Å². The first-order valence-corrected chi connectivity index (χ1v) is 7.31. The van der Waals surface area contributed by atoms with Crippen molar-refractivity contribution in [3.63, 3.8) is 0 Å². The number of rotatable bonds is 5. The number of nitrogens with two attached hydrogens (primary N) is 1. The van der Waals surface area contributed by atoms with Gasteiger partial charge in [-0.2, -0.15) is 0 Å². The van der Waals surface area contributed by atoms with E-state index in [0.717, 1.165) is 4.31 Å². The van der Waals surface area contributed by atoms with Crippen LogP contribution in [0.25, 0.3) is 0 Å². The van der Waals surface area contributed by atoms with Crippen molar-refractivity contribution in [1.82, 2.24) is 9.46 Å². The number of nitrogens with one attached hydrogen (secondary N) is 1. The number of anilines is 2. The van der Waals surface area contributed by atoms with Gasteiger partial charge in [0.1, 0.15) is 0 Å². The maximum Gasteiger partial charge on any atom is 0.242 e. The van der Waals surface area contributed by atoms with Crippen molar-refractivity contribution in [2.24, 2.45) is 0 Å². The molecule has 0 aliphatic carbocycles. The molecule has 0 unspecified atom stereocenters. The third-order valence-corrected chi connectivity index (χ3v) is 4.56. The molecule has 0 bridgehead atoms. The minimum Gasteiger partial charge on any atom is -0.397 e. The maximum absolute atomic E-state index is 12.1. The summed E-state index contributed by atoms with van der Waals surface area (Å²) in [5.41, 5.74) is 6.82. The number of hydrogen-bond acceptors (Lipinski definition) is 6. The highest BCUT2D eigenvalue weighted by molar-refractivity contribution is 7.89. The van der Waals surface area contributed by atoms with E-state index in [2.05, 4.69) is 10.5 Å². The fourth-order valence-electron chi connectivity index (χ4n) is 1.58. The molecule has 2 rings (SSSR count). The van der Waals surface area contributed by atoms with E-state index in [1.165, 1.54) is 32.4 Å². The van der Waals surface area contributed by atoms with Gasteiger partial charge in [0.2, 0.25) is 10.0 Å². The number of nitrogens with zero attached hydrogens (tertiary/aromatic N) is 2. The van der Waals surface area contributed by atoms with Gasteiger partial charge in [-0.25, -0.2) is 12.7 Å². The quantitative estimate of drug-likeness (QED) is 0.802. The van der Waals surface area contributed by atoms with Crippen LogP contribution in [0.15, 0.2) is 39.9 Å². The van der Waals surface area contributed by atoms with Gasteiger partial charge in [0, 0.05) is 20.2 Å². The average Bonchev–Trinajstić information content (AvgIpc) is 2.90. The molecule has 108 valence electrons. The van der Waals surface area contributed by atoms with Crippen molar-refractivity contribution in [2.75, 3.05) is 25.1 Å². The zero-order chi connectivity index (χ0) is 14.8. The SMILES string of the molecule is CN(C)S(=O)(=O)c1ccc(N)c(NCc2ccno2)c1. The molecule has 2 aromatic rings. The standard InChI is InChI=1S/C12H16N4O3S/c1-16(2)20(17,18)10-3-4-11(13)12(7-10)14-8-9-5-6-15-19-9/h3-7,14H,8,13H2,1-2H3. The van der Waals surface area contributed by atoms with Crippen LogP contribution in [0.5, 0.6) is 0 Å². The van der Waals surface area contributed by atoms with Gasteiger partial charge in [-0.3, -0.25) is 0 Å². The zero-order valence-electron chi connectivity index (χ0n) is 11.2. The summed E-state index contributed by atoms with van der Waals surface area (Å²) in [6, 6.07) is 6.24. The molecule has 1 heterocycles. The molecule has 0 saturated carbocycles. The Morgan fingerprint density at radius 3 is 2.70 bits per heavy atom. The second-order valence-corrected chi connectivity index (χ2v) is 6.52. The van der Waals surface area contributed by atoms with Gasteiger partial charge < -0.3 is 15.6 Å². The lowest BCUT2D eigenvalue weighted by Crippen LogP contribution is -2.22. The van der Waals surface area contributed by atoms with Crippen molar-refractivity contribution < 1.29 is 12.9 Å². The highest BCUT2D eigenvalue weighted by atomic mass is 32.2. The van der Waals surface area contributed by atoms with Crippen molar-refractivity contribution in [3.8, 4) is 0 Å². The van der Waals surface area contributed by atoms with Crippen LogP contribution in [0.2, 0.25) is 0 Å². The van der Waals surface area contributed by atoms with E-state index in [1.807, 2.05) is 0 Å². The molecule has 1 aromatic carbocycles. The molecule has 0 saturated heterocycles. The van der Waals surface area contributed by atoms with Gasteiger partial charge in [0.05, 0.1) is 29.0 Å². The third kappa shape index (κ3) is 2.91. The minimum absolute atomic E-state index is 0.178. The third-order valence-electron chi connectivity index (χ3n) is 2.75. The van der Waals surface area contributed by atoms with E-state index in [4.69, 9.17) is 10.3 Å². The van der Waals surface area contributed by atoms with Crippen LogP contribution in [0, 0.1) is 0 Å². The topological polar surface area (TPSA) is 101 Å². The normalized spacial score (nSPS) is 11.8. The Morgan fingerprint density at radius 2 is 2.10 bits per heavy atom. The minimum atomic E-state index is -3.49. The highest BCUT2D eigenvalue weighted by Crippen LogP contribution is 2.24. The molecule has 0 spiro atoms. The summed E-state index contributed by atoms with van der Waals surface area (Å²) in [4.78, 5) is 0.178. The van der Waals surface area contributed by atoms with Crippen LogP contribution in [0.1, 0.15) is 5.76 Å². The molecule has 1 aromatic heterocycles. The van der Waals surface area contributed by atoms with Crippen LogP contribution < -0.4 is 11.1 Å². The largest absolute Gasteiger partial charge is 0.397 e. The molecule has 0 amide bonds. The Morgan fingerprint density at radius 1 is 1.35 bits per heavy atom. The van der Waals surface area contributed by atoms with Crippen LogP contribution in [0.4, 0.5) is 11.4 Å². The summed E-state index contributed by atoms with van der Waals surface area (Å²) in [6.07, 6.45) is 1.54. The molecule has 8 heteroatoms. The lowest BCUT2D eigenvalue weighted by molar-refractivity contribution is 0.388. The predicted molar refractivity (Wildman–Crippen MR) is 75.6 cm³/mol. The smallest absolute Gasteiger partial charge is 0.242 e. The van der Waals surface area contributed by atoms with E-state index in [1.54, 1.807) is 12.1 Å². The summed E-state index contributed by atoms with van der Waals surface area (Å²) in [5, 5.41) is 6.61. The van der Waals surface area contributed by atoms with Crippen molar-refractivity contribution in [2.45, 2.75) is 11.4 Å². The number of sulfonamides is 1. The number of benzene rings is 1. The molecule has 0 aliphatic rings. The van der Waals surface area contributed by atoms with Crippen molar-refractivity contribution in [3.05, 3.63) is 36.2 Å². The summed E-state index contributed by atoms with van der Waals surface area (Å²) >= 11 is 0. The molecule has 0 aliphatic heterocycles. The van der Waals surface area contributed by atoms with E-state index in [0.29, 0.717) is 23.7 Å². The lowest BCUT2D eigenvalue weighted by Gasteiger charge is -2.14. The van der Waals surface area contributed by atoms with E-state index in [-0.39, 0.29) is 4.90 Å². The molecule has 20 heavy (non-hydrogen) atoms. The molecule has 3 N–H and O–H groups in total. The molecule has 0 radical (unpaired) electrons. The van der Waals surface area contributed by atoms with Gasteiger partial charge in [-0.15, -0.1) is 0 Å². The maximum atomic E-state index is 12.1. The first kappa shape index (κ1) is 14.4. The molecule has 0 atom stereocenters. The molecule has 7 nitrogen and oxygen atoms in total. The van der Waals surface area contributed by atoms with Gasteiger partial charge in [-0.05, 0) is 18.2 Å². The second kappa shape index (κ2) is 5.51. The van der Waals surface area contributed by atoms with Crippen LogP contribution in [-0.2, 0) is 16.6 Å². The van der Waals surface area contributed by atoms with E-state index < -0.39 is 10.0 Å². The summed E-state index contributed by atoms with van der Waals surface area (Å²) in [7, 11) is -0.527. The number of aromatic nitrogens is 1. The second-order valence-electron chi connectivity index (χ2n) is 4.37. The monoisotopic (exact) mass is 296 g/mol. The Hall–Kier alpha value is -2.06. The summed E-state index contributed by atoms with van der Waals surface area (Å²) < 4.78 is 30.2. The van der Waals surface area contributed by atoms with Crippen LogP contribution >= 0.6 is 0 Å². The number of hydrogen-bond donors (Lipinski definition) is 2. The number of nitrogen functional groups attached to an aromatic ring is 1. The first-order valence-electron chi connectivity index (χ1n) is 5.87. The molecular formula is C12H16N4O3S. The zero-order valence-corrected chi connectivity index (χ0v) is 12.0. The van der Waals surface area contributed by atoms with E-state index >= 15 is 0 Å². The van der Waals surface area contributed by atoms with Gasteiger partial charge in [0.15, 0.2) is 5.76 Å². The fraction of sp³-hybridized carbons (Fsp3) is 0.250. The van der Waals surface area contributed by atoms with Crippen LogP contribution in [-0.4, -0.2) is 32.0 Å². The Kier molecular flexibility index (Phi) is 3.96. The Labute approximate surface area is 117 Å². The fourth-order valence-corrected chi connectivity index (χ4v) is 2.50. The molecule has 0 fully saturated rings. The van der Waals surface area contributed by atoms with Gasteiger partial charge in [0.25, 0.3) is 0 Å². The van der Waals surface area contributed by atoms with Gasteiger partial charge in [-0.1, -0.05) is 5.16 Å². The lowest BCUT2D eigenvalue weighted by atomic mass is 10.2. The first-order chi connectivity index (χ1) is 9.41.